The van der Waals surface area contributed by atoms with Gasteiger partial charge in [0, 0.05) is 22.5 Å². The van der Waals surface area contributed by atoms with Gasteiger partial charge in [0.05, 0.1) is 6.21 Å². The smallest absolute Gasteiger partial charge is 0.253 e. The Bertz CT molecular complexity index is 1060. The van der Waals surface area contributed by atoms with Crippen molar-refractivity contribution in [3.8, 4) is 11.3 Å². The first-order valence-electron chi connectivity index (χ1n) is 9.13. The molecule has 0 aliphatic carbocycles. The van der Waals surface area contributed by atoms with Crippen LogP contribution in [-0.2, 0) is 9.59 Å². The number of nitrogens with zero attached hydrogens (tertiary/aromatic N) is 1. The summed E-state index contributed by atoms with van der Waals surface area (Å²) in [6.07, 6.45) is 1.42. The van der Waals surface area contributed by atoms with Gasteiger partial charge in [-0.2, -0.15) is 5.10 Å². The molecule has 7 heteroatoms. The lowest BCUT2D eigenvalue weighted by atomic mass is 9.88. The second kappa shape index (κ2) is 8.45. The minimum absolute atomic E-state index is 0.217. The highest BCUT2D eigenvalue weighted by molar-refractivity contribution is 9.10. The van der Waals surface area contributed by atoms with E-state index in [4.69, 9.17) is 4.42 Å². The van der Waals surface area contributed by atoms with E-state index in [1.165, 1.54) is 6.21 Å². The van der Waals surface area contributed by atoms with Crippen LogP contribution in [0.3, 0.4) is 0 Å². The third-order valence-electron chi connectivity index (χ3n) is 4.79. The highest BCUT2D eigenvalue weighted by Crippen LogP contribution is 2.29. The van der Waals surface area contributed by atoms with Crippen LogP contribution >= 0.6 is 15.9 Å². The minimum Gasteiger partial charge on any atom is -0.455 e. The normalized spacial score (nSPS) is 18.7. The topological polar surface area (TPSA) is 83.7 Å². The van der Waals surface area contributed by atoms with Crippen LogP contribution < -0.4 is 10.7 Å². The molecule has 2 aromatic carbocycles. The van der Waals surface area contributed by atoms with Crippen LogP contribution in [0.1, 0.15) is 17.2 Å². The second-order valence-corrected chi connectivity index (χ2v) is 7.60. The van der Waals surface area contributed by atoms with Gasteiger partial charge in [-0.1, -0.05) is 58.4 Å². The van der Waals surface area contributed by atoms with Gasteiger partial charge in [-0.3, -0.25) is 9.59 Å². The largest absolute Gasteiger partial charge is 0.455 e. The molecule has 146 valence electrons. The zero-order chi connectivity index (χ0) is 20.2. The number of hydrazone groups is 1. The predicted octanol–water partition coefficient (Wildman–Crippen LogP) is 3.69. The summed E-state index contributed by atoms with van der Waals surface area (Å²) in [5, 5.41) is 6.72. The summed E-state index contributed by atoms with van der Waals surface area (Å²) in [5.41, 5.74) is 4.33. The van der Waals surface area contributed by atoms with Crippen molar-refractivity contribution < 1.29 is 14.0 Å². The zero-order valence-electron chi connectivity index (χ0n) is 15.3. The summed E-state index contributed by atoms with van der Waals surface area (Å²) < 4.78 is 6.70. The predicted molar refractivity (Wildman–Crippen MR) is 113 cm³/mol. The molecular weight excluding hydrogens is 434 g/mol. The fraction of sp³-hybridized carbons (Fsp3) is 0.136. The van der Waals surface area contributed by atoms with Gasteiger partial charge in [0.15, 0.2) is 0 Å². The third kappa shape index (κ3) is 4.30. The first kappa shape index (κ1) is 19.1. The Morgan fingerprint density at radius 2 is 1.97 bits per heavy atom. The standard InChI is InChI=1S/C22H18BrN3O3/c23-16-8-4-7-15(11-16)19-10-9-17(29-19)12-25-26-22(28)20-18(13-24-21(20)27)14-5-2-1-3-6-14/h1-12,18,20H,13H2,(H,24,27)(H,26,28)/t18-,20+/m1/s1. The van der Waals surface area contributed by atoms with Crippen LogP contribution in [0.2, 0.25) is 0 Å². The average Bonchev–Trinajstić information content (AvgIpc) is 3.35. The van der Waals surface area contributed by atoms with E-state index in [2.05, 4.69) is 31.8 Å². The fourth-order valence-electron chi connectivity index (χ4n) is 3.38. The maximum atomic E-state index is 12.6. The molecule has 3 aromatic rings. The Hall–Kier alpha value is -3.19. The van der Waals surface area contributed by atoms with Crippen molar-refractivity contribution in [2.75, 3.05) is 6.54 Å². The summed E-state index contributed by atoms with van der Waals surface area (Å²) in [6, 6.07) is 20.9. The van der Waals surface area contributed by atoms with Crippen LogP contribution in [0.4, 0.5) is 0 Å². The number of hydrogen-bond donors (Lipinski definition) is 2. The molecule has 1 fully saturated rings. The highest BCUT2D eigenvalue weighted by Gasteiger charge is 2.40. The Morgan fingerprint density at radius 1 is 1.14 bits per heavy atom. The van der Waals surface area contributed by atoms with E-state index in [1.54, 1.807) is 6.07 Å². The zero-order valence-corrected chi connectivity index (χ0v) is 16.9. The first-order valence-corrected chi connectivity index (χ1v) is 9.92. The minimum atomic E-state index is -0.816. The van der Waals surface area contributed by atoms with Gasteiger partial charge in [0.25, 0.3) is 5.91 Å². The quantitative estimate of drug-likeness (QED) is 0.352. The van der Waals surface area contributed by atoms with E-state index in [0.717, 1.165) is 15.6 Å². The monoisotopic (exact) mass is 451 g/mol. The lowest BCUT2D eigenvalue weighted by molar-refractivity contribution is -0.133. The third-order valence-corrected chi connectivity index (χ3v) is 5.29. The van der Waals surface area contributed by atoms with Gasteiger partial charge in [0.1, 0.15) is 17.4 Å². The highest BCUT2D eigenvalue weighted by atomic mass is 79.9. The first-order chi connectivity index (χ1) is 14.1. The van der Waals surface area contributed by atoms with E-state index in [9.17, 15) is 9.59 Å². The molecule has 6 nitrogen and oxygen atoms in total. The maximum absolute atomic E-state index is 12.6. The Kier molecular flexibility index (Phi) is 5.57. The molecule has 1 aliphatic heterocycles. The number of amides is 2. The molecule has 1 aliphatic rings. The number of furan rings is 1. The van der Waals surface area contributed by atoms with Crippen molar-refractivity contribution in [3.63, 3.8) is 0 Å². The molecule has 2 amide bonds. The summed E-state index contributed by atoms with van der Waals surface area (Å²) in [5.74, 6) is -0.575. The molecule has 2 heterocycles. The van der Waals surface area contributed by atoms with Crippen molar-refractivity contribution in [3.05, 3.63) is 82.5 Å². The average molecular weight is 452 g/mol. The van der Waals surface area contributed by atoms with Gasteiger partial charge in [0.2, 0.25) is 5.91 Å². The van der Waals surface area contributed by atoms with E-state index < -0.39 is 11.8 Å². The van der Waals surface area contributed by atoms with Crippen molar-refractivity contribution >= 4 is 34.0 Å². The molecule has 1 aromatic heterocycles. The number of rotatable bonds is 5. The fourth-order valence-corrected chi connectivity index (χ4v) is 3.78. The molecule has 0 bridgehead atoms. The molecule has 0 unspecified atom stereocenters. The van der Waals surface area contributed by atoms with Crippen LogP contribution in [0.25, 0.3) is 11.3 Å². The molecule has 4 rings (SSSR count). The molecule has 0 spiro atoms. The number of benzene rings is 2. The number of carbonyl (C=O) groups excluding carboxylic acids is 2. The Balaban J connectivity index is 1.43. The van der Waals surface area contributed by atoms with Crippen LogP contribution in [0, 0.1) is 5.92 Å². The Morgan fingerprint density at radius 3 is 2.76 bits per heavy atom. The van der Waals surface area contributed by atoms with Gasteiger partial charge >= 0.3 is 0 Å². The van der Waals surface area contributed by atoms with E-state index in [-0.39, 0.29) is 11.8 Å². The number of halogens is 1. The van der Waals surface area contributed by atoms with Crippen LogP contribution in [0.15, 0.2) is 80.7 Å². The second-order valence-electron chi connectivity index (χ2n) is 6.69. The summed E-state index contributed by atoms with van der Waals surface area (Å²) in [4.78, 5) is 24.7. The number of hydrogen-bond acceptors (Lipinski definition) is 4. The molecule has 2 atom stereocenters. The van der Waals surface area contributed by atoms with Crippen molar-refractivity contribution in [1.29, 1.82) is 0 Å². The SMILES string of the molecule is O=C1NC[C@H](c2ccccc2)[C@@H]1C(=O)NN=Cc1ccc(-c2cccc(Br)c2)o1. The molecule has 2 N–H and O–H groups in total. The molecule has 1 saturated heterocycles. The van der Waals surface area contributed by atoms with Crippen LogP contribution in [0.5, 0.6) is 0 Å². The Labute approximate surface area is 176 Å². The maximum Gasteiger partial charge on any atom is 0.253 e. The van der Waals surface area contributed by atoms with E-state index >= 15 is 0 Å². The van der Waals surface area contributed by atoms with E-state index in [1.807, 2.05) is 60.7 Å². The molecule has 0 radical (unpaired) electrons. The summed E-state index contributed by atoms with van der Waals surface area (Å²) in [7, 11) is 0. The lowest BCUT2D eigenvalue weighted by Gasteiger charge is -2.15. The number of nitrogens with one attached hydrogen (secondary N) is 2. The van der Waals surface area contributed by atoms with Crippen molar-refractivity contribution in [2.24, 2.45) is 11.0 Å². The van der Waals surface area contributed by atoms with E-state index in [0.29, 0.717) is 18.1 Å². The van der Waals surface area contributed by atoms with Gasteiger partial charge in [-0.05, 0) is 29.8 Å². The van der Waals surface area contributed by atoms with Crippen LogP contribution in [-0.4, -0.2) is 24.6 Å². The molecule has 0 saturated carbocycles. The van der Waals surface area contributed by atoms with Gasteiger partial charge in [-0.25, -0.2) is 5.43 Å². The lowest BCUT2D eigenvalue weighted by Crippen LogP contribution is -2.34. The van der Waals surface area contributed by atoms with Crippen molar-refractivity contribution in [1.82, 2.24) is 10.7 Å². The van der Waals surface area contributed by atoms with Gasteiger partial charge < -0.3 is 9.73 Å². The van der Waals surface area contributed by atoms with Crippen molar-refractivity contribution in [2.45, 2.75) is 5.92 Å². The van der Waals surface area contributed by atoms with Gasteiger partial charge in [-0.15, -0.1) is 0 Å². The molecule has 29 heavy (non-hydrogen) atoms. The molecular formula is C22H18BrN3O3. The summed E-state index contributed by atoms with van der Waals surface area (Å²) >= 11 is 3.43. The number of carbonyl (C=O) groups is 2. The summed E-state index contributed by atoms with van der Waals surface area (Å²) in [6.45, 7) is 0.429.